The first-order chi connectivity index (χ1) is 10.0. The van der Waals surface area contributed by atoms with Crippen LogP contribution in [0, 0.1) is 0 Å². The van der Waals surface area contributed by atoms with Crippen molar-refractivity contribution in [3.05, 3.63) is 23.8 Å². The summed E-state index contributed by atoms with van der Waals surface area (Å²) in [6.07, 6.45) is 3.80. The van der Waals surface area contributed by atoms with E-state index in [1.165, 1.54) is 17.0 Å². The fourth-order valence-corrected chi connectivity index (χ4v) is 2.63. The van der Waals surface area contributed by atoms with Crippen molar-refractivity contribution in [1.82, 2.24) is 4.90 Å². The number of phenolic OH excluding ortho intramolecular Hbond substituents is 2. The van der Waals surface area contributed by atoms with Crippen LogP contribution in [0.25, 0.3) is 0 Å². The van der Waals surface area contributed by atoms with Crippen LogP contribution in [-0.4, -0.2) is 44.7 Å². The molecule has 1 amide bonds. The zero-order valence-electron chi connectivity index (χ0n) is 11.7. The second-order valence-electron chi connectivity index (χ2n) is 5.26. The van der Waals surface area contributed by atoms with E-state index in [0.717, 1.165) is 31.7 Å². The third-order valence-corrected chi connectivity index (χ3v) is 3.76. The van der Waals surface area contributed by atoms with Gasteiger partial charge in [-0.3, -0.25) is 4.79 Å². The van der Waals surface area contributed by atoms with Crippen LogP contribution in [0.4, 0.5) is 0 Å². The predicted molar refractivity (Wildman–Crippen MR) is 75.3 cm³/mol. The van der Waals surface area contributed by atoms with Gasteiger partial charge in [0.1, 0.15) is 17.5 Å². The van der Waals surface area contributed by atoms with Gasteiger partial charge < -0.3 is 20.2 Å². The van der Waals surface area contributed by atoms with E-state index >= 15 is 0 Å². The van der Waals surface area contributed by atoms with Gasteiger partial charge in [-0.1, -0.05) is 19.3 Å². The molecule has 21 heavy (non-hydrogen) atoms. The van der Waals surface area contributed by atoms with Gasteiger partial charge in [0.25, 0.3) is 5.91 Å². The molecule has 0 radical (unpaired) electrons. The molecule has 1 atom stereocenters. The Labute approximate surface area is 122 Å². The topological polar surface area (TPSA) is 98.1 Å². The summed E-state index contributed by atoms with van der Waals surface area (Å²) in [5.74, 6) is -2.00. The molecule has 1 aromatic carbocycles. The lowest BCUT2D eigenvalue weighted by atomic mass is 10.0. The normalized spacial score (nSPS) is 19.6. The first kappa shape index (κ1) is 15.2. The molecule has 1 aliphatic rings. The highest BCUT2D eigenvalue weighted by Crippen LogP contribution is 2.26. The molecule has 0 bridgehead atoms. The summed E-state index contributed by atoms with van der Waals surface area (Å²) in [4.78, 5) is 25.2. The number of amides is 1. The van der Waals surface area contributed by atoms with Crippen molar-refractivity contribution in [2.45, 2.75) is 38.1 Å². The predicted octanol–water partition coefficient (Wildman–Crippen LogP) is 1.96. The number of aliphatic carboxylic acids is 1. The van der Waals surface area contributed by atoms with Crippen molar-refractivity contribution >= 4 is 11.9 Å². The molecule has 1 saturated heterocycles. The molecule has 0 aliphatic carbocycles. The number of phenols is 2. The molecule has 2 rings (SSSR count). The van der Waals surface area contributed by atoms with Gasteiger partial charge in [0.2, 0.25) is 0 Å². The molecule has 114 valence electrons. The maximum absolute atomic E-state index is 12.5. The van der Waals surface area contributed by atoms with Crippen LogP contribution in [-0.2, 0) is 4.79 Å². The molecule has 0 aromatic heterocycles. The van der Waals surface area contributed by atoms with Gasteiger partial charge in [0.05, 0.1) is 5.56 Å². The molecule has 6 heteroatoms. The maximum Gasteiger partial charge on any atom is 0.326 e. The smallest absolute Gasteiger partial charge is 0.326 e. The third kappa shape index (κ3) is 3.45. The Balaban J connectivity index is 2.32. The first-order valence-corrected chi connectivity index (χ1v) is 7.06. The second kappa shape index (κ2) is 6.47. The quantitative estimate of drug-likeness (QED) is 0.724. The molecule has 0 spiro atoms. The minimum absolute atomic E-state index is 0.0678. The van der Waals surface area contributed by atoms with Crippen LogP contribution in [0.1, 0.15) is 42.5 Å². The Kier molecular flexibility index (Phi) is 4.67. The lowest BCUT2D eigenvalue weighted by molar-refractivity contribution is -0.142. The van der Waals surface area contributed by atoms with Crippen molar-refractivity contribution < 1.29 is 24.9 Å². The molecule has 1 aliphatic heterocycles. The Hall–Kier alpha value is -2.24. The van der Waals surface area contributed by atoms with E-state index in [0.29, 0.717) is 13.0 Å². The molecule has 6 nitrogen and oxygen atoms in total. The SMILES string of the molecule is O=C(O)C1CCCCCCN1C(=O)c1cc(O)ccc1O. The van der Waals surface area contributed by atoms with Crippen LogP contribution in [0.15, 0.2) is 18.2 Å². The Morgan fingerprint density at radius 1 is 1.10 bits per heavy atom. The number of carbonyl (C=O) groups is 2. The summed E-state index contributed by atoms with van der Waals surface area (Å²) in [6, 6.07) is 2.77. The van der Waals surface area contributed by atoms with Crippen molar-refractivity contribution in [3.63, 3.8) is 0 Å². The monoisotopic (exact) mass is 293 g/mol. The lowest BCUT2D eigenvalue weighted by Gasteiger charge is -2.31. The van der Waals surface area contributed by atoms with Gasteiger partial charge in [-0.25, -0.2) is 4.79 Å². The zero-order chi connectivity index (χ0) is 15.4. The molecule has 0 saturated carbocycles. The highest BCUT2D eigenvalue weighted by atomic mass is 16.4. The van der Waals surface area contributed by atoms with E-state index in [-0.39, 0.29) is 17.1 Å². The number of hydrogen-bond donors (Lipinski definition) is 3. The van der Waals surface area contributed by atoms with E-state index in [2.05, 4.69) is 0 Å². The largest absolute Gasteiger partial charge is 0.508 e. The third-order valence-electron chi connectivity index (χ3n) is 3.76. The highest BCUT2D eigenvalue weighted by molar-refractivity contribution is 5.99. The van der Waals surface area contributed by atoms with Gasteiger partial charge in [-0.2, -0.15) is 0 Å². The standard InChI is InChI=1S/C15H19NO5/c17-10-6-7-13(18)11(9-10)14(19)16-8-4-2-1-3-5-12(16)15(20)21/h6-7,9,12,17-18H,1-5,8H2,(H,20,21). The first-order valence-electron chi connectivity index (χ1n) is 7.06. The van der Waals surface area contributed by atoms with E-state index in [4.69, 9.17) is 0 Å². The number of likely N-dealkylation sites (tertiary alicyclic amines) is 1. The van der Waals surface area contributed by atoms with Crippen LogP contribution in [0.3, 0.4) is 0 Å². The molecule has 1 unspecified atom stereocenters. The minimum atomic E-state index is -1.04. The number of carboxylic acids is 1. The summed E-state index contributed by atoms with van der Waals surface area (Å²) >= 11 is 0. The van der Waals surface area contributed by atoms with E-state index in [9.17, 15) is 24.9 Å². The van der Waals surface area contributed by atoms with Crippen molar-refractivity contribution in [2.24, 2.45) is 0 Å². The Bertz CT molecular complexity index is 543. The zero-order valence-corrected chi connectivity index (χ0v) is 11.7. The summed E-state index contributed by atoms with van der Waals surface area (Å²) in [7, 11) is 0. The van der Waals surface area contributed by atoms with E-state index in [1.807, 2.05) is 0 Å². The molecule has 1 heterocycles. The number of hydrogen-bond acceptors (Lipinski definition) is 4. The highest BCUT2D eigenvalue weighted by Gasteiger charge is 2.31. The van der Waals surface area contributed by atoms with Gasteiger partial charge in [-0.05, 0) is 31.0 Å². The van der Waals surface area contributed by atoms with Gasteiger partial charge >= 0.3 is 5.97 Å². The minimum Gasteiger partial charge on any atom is -0.508 e. The molecule has 3 N–H and O–H groups in total. The van der Waals surface area contributed by atoms with Crippen LogP contribution in [0.2, 0.25) is 0 Å². The summed E-state index contributed by atoms with van der Waals surface area (Å²) in [6.45, 7) is 0.338. The number of aromatic hydroxyl groups is 2. The van der Waals surface area contributed by atoms with Crippen molar-refractivity contribution in [2.75, 3.05) is 6.54 Å². The van der Waals surface area contributed by atoms with Crippen LogP contribution < -0.4 is 0 Å². The Morgan fingerprint density at radius 3 is 2.52 bits per heavy atom. The molecular weight excluding hydrogens is 274 g/mol. The number of rotatable bonds is 2. The maximum atomic E-state index is 12.5. The summed E-state index contributed by atoms with van der Waals surface area (Å²) in [5, 5.41) is 28.6. The number of benzene rings is 1. The lowest BCUT2D eigenvalue weighted by Crippen LogP contribution is -2.46. The molecule has 1 fully saturated rings. The fourth-order valence-electron chi connectivity index (χ4n) is 2.63. The number of nitrogens with zero attached hydrogens (tertiary/aromatic N) is 1. The van der Waals surface area contributed by atoms with Crippen LogP contribution >= 0.6 is 0 Å². The van der Waals surface area contributed by atoms with Gasteiger partial charge in [0, 0.05) is 6.54 Å². The van der Waals surface area contributed by atoms with Crippen molar-refractivity contribution in [3.8, 4) is 11.5 Å². The Morgan fingerprint density at radius 2 is 1.81 bits per heavy atom. The summed E-state index contributed by atoms with van der Waals surface area (Å²) < 4.78 is 0. The summed E-state index contributed by atoms with van der Waals surface area (Å²) in [5.41, 5.74) is -0.0678. The molecular formula is C15H19NO5. The van der Waals surface area contributed by atoms with Gasteiger partial charge in [-0.15, -0.1) is 0 Å². The second-order valence-corrected chi connectivity index (χ2v) is 5.26. The van der Waals surface area contributed by atoms with Crippen LogP contribution in [0.5, 0.6) is 11.5 Å². The fraction of sp³-hybridized carbons (Fsp3) is 0.467. The number of carboxylic acid groups (broad SMARTS) is 1. The van der Waals surface area contributed by atoms with Crippen molar-refractivity contribution in [1.29, 1.82) is 0 Å². The average molecular weight is 293 g/mol. The molecule has 1 aromatic rings. The van der Waals surface area contributed by atoms with E-state index < -0.39 is 17.9 Å². The number of carbonyl (C=O) groups excluding carboxylic acids is 1. The average Bonchev–Trinajstić information content (AvgIpc) is 2.40. The van der Waals surface area contributed by atoms with E-state index in [1.54, 1.807) is 0 Å². The van der Waals surface area contributed by atoms with Gasteiger partial charge in [0.15, 0.2) is 0 Å².